The van der Waals surface area contributed by atoms with Crippen molar-refractivity contribution in [2.75, 3.05) is 0 Å². The number of benzene rings is 2. The number of ether oxygens (including phenoxy) is 1. The van der Waals surface area contributed by atoms with E-state index >= 15 is 0 Å². The molecule has 1 heterocycles. The third kappa shape index (κ3) is 2.67. The molecule has 6 heteroatoms. The molecule has 0 aliphatic heterocycles. The molecule has 3 aromatic rings. The maximum absolute atomic E-state index is 11.9. The van der Waals surface area contributed by atoms with Crippen LogP contribution in [-0.2, 0) is 6.61 Å². The van der Waals surface area contributed by atoms with Crippen molar-refractivity contribution in [1.29, 1.82) is 0 Å². The topological polar surface area (TPSA) is 82.6 Å². The monoisotopic (exact) mass is 297 g/mol. The standard InChI is InChI=1S/C16H11NO5/c18-16-12(9-11-5-1-3-7-14(11)22-16)10-21-15-8-4-2-6-13(15)17(19)20/h1-9H,10H2. The van der Waals surface area contributed by atoms with Crippen molar-refractivity contribution in [3.8, 4) is 5.75 Å². The number of nitrogens with zero attached hydrogens (tertiary/aromatic N) is 1. The highest BCUT2D eigenvalue weighted by Crippen LogP contribution is 2.26. The van der Waals surface area contributed by atoms with Crippen LogP contribution in [0.4, 0.5) is 5.69 Å². The summed E-state index contributed by atoms with van der Waals surface area (Å²) >= 11 is 0. The Morgan fingerprint density at radius 1 is 1.09 bits per heavy atom. The molecule has 0 saturated carbocycles. The van der Waals surface area contributed by atoms with E-state index < -0.39 is 10.5 Å². The fraction of sp³-hybridized carbons (Fsp3) is 0.0625. The van der Waals surface area contributed by atoms with Crippen molar-refractivity contribution in [2.45, 2.75) is 6.61 Å². The molecule has 0 radical (unpaired) electrons. The molecule has 0 fully saturated rings. The summed E-state index contributed by atoms with van der Waals surface area (Å²) in [5, 5.41) is 11.7. The zero-order chi connectivity index (χ0) is 15.5. The number of hydrogen-bond donors (Lipinski definition) is 0. The van der Waals surface area contributed by atoms with Crippen molar-refractivity contribution in [3.05, 3.63) is 80.7 Å². The number of para-hydroxylation sites is 3. The van der Waals surface area contributed by atoms with Gasteiger partial charge < -0.3 is 9.15 Å². The average Bonchev–Trinajstić information content (AvgIpc) is 2.53. The second-order valence-electron chi connectivity index (χ2n) is 4.61. The fourth-order valence-electron chi connectivity index (χ4n) is 2.09. The maximum Gasteiger partial charge on any atom is 0.342 e. The fourth-order valence-corrected chi connectivity index (χ4v) is 2.09. The van der Waals surface area contributed by atoms with Crippen LogP contribution in [0.15, 0.2) is 63.8 Å². The minimum Gasteiger partial charge on any atom is -0.482 e. The molecule has 0 spiro atoms. The van der Waals surface area contributed by atoms with E-state index in [-0.39, 0.29) is 18.0 Å². The average molecular weight is 297 g/mol. The first-order chi connectivity index (χ1) is 10.6. The quantitative estimate of drug-likeness (QED) is 0.419. The van der Waals surface area contributed by atoms with Crippen LogP contribution in [0.2, 0.25) is 0 Å². The molecule has 0 aliphatic carbocycles. The van der Waals surface area contributed by atoms with Gasteiger partial charge in [-0.25, -0.2) is 4.79 Å². The van der Waals surface area contributed by atoms with Crippen LogP contribution < -0.4 is 10.4 Å². The lowest BCUT2D eigenvalue weighted by Crippen LogP contribution is -2.10. The van der Waals surface area contributed by atoms with Crippen LogP contribution >= 0.6 is 0 Å². The van der Waals surface area contributed by atoms with Crippen molar-refractivity contribution >= 4 is 16.7 Å². The third-order valence-electron chi connectivity index (χ3n) is 3.16. The molecular formula is C16H11NO5. The molecular weight excluding hydrogens is 286 g/mol. The Hall–Kier alpha value is -3.15. The summed E-state index contributed by atoms with van der Waals surface area (Å²) in [4.78, 5) is 22.3. The van der Waals surface area contributed by atoms with Gasteiger partial charge in [0.2, 0.25) is 0 Å². The van der Waals surface area contributed by atoms with E-state index in [1.54, 1.807) is 30.3 Å². The minimum absolute atomic E-state index is 0.0992. The summed E-state index contributed by atoms with van der Waals surface area (Å²) in [5.74, 6) is 0.111. The van der Waals surface area contributed by atoms with Gasteiger partial charge in [0.25, 0.3) is 0 Å². The Kier molecular flexibility index (Phi) is 3.57. The van der Waals surface area contributed by atoms with Crippen LogP contribution in [-0.4, -0.2) is 4.92 Å². The largest absolute Gasteiger partial charge is 0.482 e. The van der Waals surface area contributed by atoms with Gasteiger partial charge >= 0.3 is 11.3 Å². The predicted molar refractivity (Wildman–Crippen MR) is 79.9 cm³/mol. The van der Waals surface area contributed by atoms with Gasteiger partial charge in [-0.3, -0.25) is 10.1 Å². The molecule has 0 saturated heterocycles. The number of nitro benzene ring substituents is 1. The molecule has 1 aromatic heterocycles. The number of fused-ring (bicyclic) bond motifs is 1. The zero-order valence-electron chi connectivity index (χ0n) is 11.4. The number of rotatable bonds is 4. The summed E-state index contributed by atoms with van der Waals surface area (Å²) in [5.41, 5.74) is 0.128. The Bertz CT molecular complexity index is 900. The van der Waals surface area contributed by atoms with E-state index in [1.165, 1.54) is 12.1 Å². The van der Waals surface area contributed by atoms with Crippen molar-refractivity contribution in [3.63, 3.8) is 0 Å². The molecule has 2 aromatic carbocycles. The molecule has 0 bridgehead atoms. The van der Waals surface area contributed by atoms with Crippen LogP contribution in [0.1, 0.15) is 5.56 Å². The van der Waals surface area contributed by atoms with Gasteiger partial charge in [0, 0.05) is 11.5 Å². The molecule has 0 amide bonds. The zero-order valence-corrected chi connectivity index (χ0v) is 11.4. The summed E-state index contributed by atoms with van der Waals surface area (Å²) < 4.78 is 10.6. The van der Waals surface area contributed by atoms with Crippen molar-refractivity contribution < 1.29 is 14.1 Å². The lowest BCUT2D eigenvalue weighted by molar-refractivity contribution is -0.385. The molecule has 0 unspecified atom stereocenters. The SMILES string of the molecule is O=c1oc2ccccc2cc1COc1ccccc1[N+](=O)[O-]. The van der Waals surface area contributed by atoms with Crippen LogP contribution in [0.5, 0.6) is 5.75 Å². The van der Waals surface area contributed by atoms with E-state index in [0.717, 1.165) is 5.39 Å². The Morgan fingerprint density at radius 2 is 1.82 bits per heavy atom. The molecule has 0 aliphatic rings. The van der Waals surface area contributed by atoms with E-state index in [0.29, 0.717) is 11.1 Å². The molecule has 0 atom stereocenters. The minimum atomic E-state index is -0.530. The Morgan fingerprint density at radius 3 is 2.64 bits per heavy atom. The van der Waals surface area contributed by atoms with Gasteiger partial charge in [-0.15, -0.1) is 0 Å². The highest BCUT2D eigenvalue weighted by molar-refractivity contribution is 5.76. The van der Waals surface area contributed by atoms with Crippen molar-refractivity contribution in [1.82, 2.24) is 0 Å². The van der Waals surface area contributed by atoms with E-state index in [4.69, 9.17) is 9.15 Å². The van der Waals surface area contributed by atoms with Gasteiger partial charge in [0.1, 0.15) is 12.2 Å². The normalized spacial score (nSPS) is 10.5. The van der Waals surface area contributed by atoms with Crippen molar-refractivity contribution in [2.24, 2.45) is 0 Å². The third-order valence-corrected chi connectivity index (χ3v) is 3.16. The lowest BCUT2D eigenvalue weighted by atomic mass is 10.2. The van der Waals surface area contributed by atoms with E-state index in [1.807, 2.05) is 12.1 Å². The van der Waals surface area contributed by atoms with Gasteiger partial charge in [-0.05, 0) is 18.2 Å². The molecule has 110 valence electrons. The van der Waals surface area contributed by atoms with Crippen LogP contribution in [0.3, 0.4) is 0 Å². The van der Waals surface area contributed by atoms with Gasteiger partial charge in [0.05, 0.1) is 10.5 Å². The molecule has 6 nitrogen and oxygen atoms in total. The molecule has 22 heavy (non-hydrogen) atoms. The second kappa shape index (κ2) is 5.69. The first kappa shape index (κ1) is 13.8. The van der Waals surface area contributed by atoms with Crippen LogP contribution in [0, 0.1) is 10.1 Å². The lowest BCUT2D eigenvalue weighted by Gasteiger charge is -2.06. The van der Waals surface area contributed by atoms with Gasteiger partial charge in [-0.2, -0.15) is 0 Å². The van der Waals surface area contributed by atoms with Gasteiger partial charge in [-0.1, -0.05) is 30.3 Å². The predicted octanol–water partition coefficient (Wildman–Crippen LogP) is 3.28. The maximum atomic E-state index is 11.9. The summed E-state index contributed by atoms with van der Waals surface area (Å²) in [7, 11) is 0. The highest BCUT2D eigenvalue weighted by Gasteiger charge is 2.14. The molecule has 3 rings (SSSR count). The van der Waals surface area contributed by atoms with E-state index in [2.05, 4.69) is 0 Å². The molecule has 0 N–H and O–H groups in total. The highest BCUT2D eigenvalue weighted by atomic mass is 16.6. The number of hydrogen-bond acceptors (Lipinski definition) is 5. The summed E-state index contributed by atoms with van der Waals surface area (Å²) in [6.07, 6.45) is 0. The van der Waals surface area contributed by atoms with E-state index in [9.17, 15) is 14.9 Å². The summed E-state index contributed by atoms with van der Waals surface area (Å²) in [6, 6.07) is 14.8. The Labute approximate surface area is 124 Å². The first-order valence-electron chi connectivity index (χ1n) is 6.53. The van der Waals surface area contributed by atoms with Gasteiger partial charge in [0.15, 0.2) is 5.75 Å². The second-order valence-corrected chi connectivity index (χ2v) is 4.61. The summed E-state index contributed by atoms with van der Waals surface area (Å²) in [6.45, 7) is -0.0992. The first-order valence-corrected chi connectivity index (χ1v) is 6.53. The van der Waals surface area contributed by atoms with Crippen LogP contribution in [0.25, 0.3) is 11.0 Å². The number of nitro groups is 1. The Balaban J connectivity index is 1.90. The smallest absolute Gasteiger partial charge is 0.342 e.